The normalized spacial score (nSPS) is 11.1. The number of alkyl halides is 2. The molecule has 2 aromatic rings. The molecule has 1 aromatic carbocycles. The Morgan fingerprint density at radius 1 is 1.30 bits per heavy atom. The molecule has 1 heterocycles. The van der Waals surface area contributed by atoms with Gasteiger partial charge in [-0.2, -0.15) is 0 Å². The van der Waals surface area contributed by atoms with Gasteiger partial charge in [0.25, 0.3) is 12.0 Å². The molecule has 0 aliphatic carbocycles. The SMILES string of the molecule is Cc1cc(O)ccc1-c1ccc(I)c(=O)n1CC(F)F. The fraction of sp³-hybridized carbons (Fsp3) is 0.214. The quantitative estimate of drug-likeness (QED) is 0.816. The average Bonchev–Trinajstić information content (AvgIpc) is 2.36. The first kappa shape index (κ1) is 15.0. The van der Waals surface area contributed by atoms with Crippen LogP contribution in [0.2, 0.25) is 0 Å². The predicted octanol–water partition coefficient (Wildman–Crippen LogP) is 3.40. The lowest BCUT2D eigenvalue weighted by molar-refractivity contribution is 0.125. The van der Waals surface area contributed by atoms with Gasteiger partial charge in [-0.1, -0.05) is 0 Å². The van der Waals surface area contributed by atoms with E-state index in [1.807, 2.05) is 22.6 Å². The van der Waals surface area contributed by atoms with Crippen molar-refractivity contribution in [1.82, 2.24) is 4.57 Å². The number of phenols is 1. The van der Waals surface area contributed by atoms with Gasteiger partial charge < -0.3 is 9.67 Å². The van der Waals surface area contributed by atoms with E-state index < -0.39 is 18.5 Å². The summed E-state index contributed by atoms with van der Waals surface area (Å²) in [7, 11) is 0. The van der Waals surface area contributed by atoms with Gasteiger partial charge in [0.05, 0.1) is 15.8 Å². The molecule has 0 saturated carbocycles. The summed E-state index contributed by atoms with van der Waals surface area (Å²) in [5.41, 5.74) is 1.36. The van der Waals surface area contributed by atoms with Gasteiger partial charge in [0.2, 0.25) is 0 Å². The second kappa shape index (κ2) is 5.90. The van der Waals surface area contributed by atoms with Crippen molar-refractivity contribution in [2.24, 2.45) is 0 Å². The Balaban J connectivity index is 2.67. The molecule has 0 unspecified atom stereocenters. The number of aryl methyl sites for hydroxylation is 1. The Morgan fingerprint density at radius 3 is 2.60 bits per heavy atom. The van der Waals surface area contributed by atoms with Crippen molar-refractivity contribution in [2.75, 3.05) is 0 Å². The molecule has 3 nitrogen and oxygen atoms in total. The number of phenolic OH excluding ortho intramolecular Hbond substituents is 1. The highest BCUT2D eigenvalue weighted by molar-refractivity contribution is 14.1. The Labute approximate surface area is 128 Å². The highest BCUT2D eigenvalue weighted by atomic mass is 127. The highest BCUT2D eigenvalue weighted by Crippen LogP contribution is 2.26. The Hall–Kier alpha value is -1.44. The second-order valence-electron chi connectivity index (χ2n) is 4.37. The van der Waals surface area contributed by atoms with E-state index in [0.29, 0.717) is 20.4 Å². The largest absolute Gasteiger partial charge is 0.508 e. The number of hydrogen-bond acceptors (Lipinski definition) is 2. The van der Waals surface area contributed by atoms with Gasteiger partial charge in [0.1, 0.15) is 5.75 Å². The van der Waals surface area contributed by atoms with E-state index in [-0.39, 0.29) is 5.75 Å². The molecule has 6 heteroatoms. The maximum absolute atomic E-state index is 12.7. The summed E-state index contributed by atoms with van der Waals surface area (Å²) in [6, 6.07) is 7.87. The minimum atomic E-state index is -2.61. The van der Waals surface area contributed by atoms with Crippen LogP contribution in [-0.4, -0.2) is 16.1 Å². The van der Waals surface area contributed by atoms with Crippen molar-refractivity contribution in [3.63, 3.8) is 0 Å². The Morgan fingerprint density at radius 2 is 2.00 bits per heavy atom. The van der Waals surface area contributed by atoms with Gasteiger partial charge in [-0.15, -0.1) is 0 Å². The van der Waals surface area contributed by atoms with Gasteiger partial charge in [-0.05, 0) is 65.4 Å². The number of pyridine rings is 1. The zero-order chi connectivity index (χ0) is 14.9. The molecule has 20 heavy (non-hydrogen) atoms. The van der Waals surface area contributed by atoms with Crippen LogP contribution in [-0.2, 0) is 6.54 Å². The van der Waals surface area contributed by atoms with E-state index in [9.17, 15) is 18.7 Å². The third kappa shape index (κ3) is 3.00. The lowest BCUT2D eigenvalue weighted by atomic mass is 10.0. The number of hydrogen-bond donors (Lipinski definition) is 1. The van der Waals surface area contributed by atoms with E-state index in [2.05, 4.69) is 0 Å². The number of nitrogens with zero attached hydrogens (tertiary/aromatic N) is 1. The standard InChI is InChI=1S/C14H12F2INO2/c1-8-6-9(19)2-3-10(8)12-5-4-11(17)14(20)18(12)7-13(15)16/h2-6,13,19H,7H2,1H3. The molecule has 1 aromatic heterocycles. The molecule has 0 fully saturated rings. The minimum Gasteiger partial charge on any atom is -0.508 e. The molecule has 1 N–H and O–H groups in total. The summed E-state index contributed by atoms with van der Waals surface area (Å²) in [6.45, 7) is 1.11. The summed E-state index contributed by atoms with van der Waals surface area (Å²) in [6.07, 6.45) is -2.61. The van der Waals surface area contributed by atoms with Crippen molar-refractivity contribution in [1.29, 1.82) is 0 Å². The van der Waals surface area contributed by atoms with Gasteiger partial charge >= 0.3 is 0 Å². The molecule has 0 saturated heterocycles. The summed E-state index contributed by atoms with van der Waals surface area (Å²) < 4.78 is 26.8. The zero-order valence-corrected chi connectivity index (χ0v) is 12.8. The van der Waals surface area contributed by atoms with Crippen molar-refractivity contribution in [3.05, 3.63) is 49.8 Å². The van der Waals surface area contributed by atoms with Crippen LogP contribution in [0.3, 0.4) is 0 Å². The first-order chi connectivity index (χ1) is 9.40. The highest BCUT2D eigenvalue weighted by Gasteiger charge is 2.15. The van der Waals surface area contributed by atoms with E-state index in [4.69, 9.17) is 0 Å². The minimum absolute atomic E-state index is 0.0968. The fourth-order valence-corrected chi connectivity index (χ4v) is 2.51. The lowest BCUT2D eigenvalue weighted by Gasteiger charge is -2.15. The molecule has 0 spiro atoms. The topological polar surface area (TPSA) is 42.2 Å². The fourth-order valence-electron chi connectivity index (χ4n) is 2.04. The maximum atomic E-state index is 12.7. The number of rotatable bonds is 3. The maximum Gasteiger partial charge on any atom is 0.264 e. The monoisotopic (exact) mass is 391 g/mol. The van der Waals surface area contributed by atoms with Gasteiger partial charge in [0.15, 0.2) is 0 Å². The van der Waals surface area contributed by atoms with Crippen molar-refractivity contribution in [2.45, 2.75) is 19.9 Å². The van der Waals surface area contributed by atoms with E-state index in [1.54, 1.807) is 25.1 Å². The molecule has 0 aliphatic rings. The molecule has 0 aliphatic heterocycles. The van der Waals surface area contributed by atoms with Crippen molar-refractivity contribution >= 4 is 22.6 Å². The Bertz CT molecular complexity index is 698. The summed E-state index contributed by atoms with van der Waals surface area (Å²) in [4.78, 5) is 12.0. The van der Waals surface area contributed by atoms with Crippen LogP contribution in [0.4, 0.5) is 8.78 Å². The third-order valence-electron chi connectivity index (χ3n) is 2.93. The second-order valence-corrected chi connectivity index (χ2v) is 5.53. The average molecular weight is 391 g/mol. The van der Waals surface area contributed by atoms with Crippen molar-refractivity contribution in [3.8, 4) is 17.0 Å². The van der Waals surface area contributed by atoms with Crippen LogP contribution >= 0.6 is 22.6 Å². The molecule has 0 atom stereocenters. The summed E-state index contributed by atoms with van der Waals surface area (Å²) >= 11 is 1.83. The first-order valence-electron chi connectivity index (χ1n) is 5.87. The van der Waals surface area contributed by atoms with Gasteiger partial charge in [0, 0.05) is 5.56 Å². The molecular weight excluding hydrogens is 379 g/mol. The van der Waals surface area contributed by atoms with Crippen LogP contribution in [0, 0.1) is 10.5 Å². The lowest BCUT2D eigenvalue weighted by Crippen LogP contribution is -2.26. The smallest absolute Gasteiger partial charge is 0.264 e. The van der Waals surface area contributed by atoms with E-state index >= 15 is 0 Å². The number of aromatic hydroxyl groups is 1. The molecule has 106 valence electrons. The molecule has 2 rings (SSSR count). The summed E-state index contributed by atoms with van der Waals surface area (Å²) in [5.74, 6) is 0.0968. The molecular formula is C14H12F2INO2. The van der Waals surface area contributed by atoms with Crippen LogP contribution in [0.15, 0.2) is 35.1 Å². The molecule has 0 bridgehead atoms. The zero-order valence-electron chi connectivity index (χ0n) is 10.6. The van der Waals surface area contributed by atoms with Gasteiger partial charge in [-0.3, -0.25) is 4.79 Å². The van der Waals surface area contributed by atoms with Crippen LogP contribution in [0.25, 0.3) is 11.3 Å². The third-order valence-corrected chi connectivity index (χ3v) is 3.76. The van der Waals surface area contributed by atoms with E-state index in [0.717, 1.165) is 4.57 Å². The van der Waals surface area contributed by atoms with Crippen LogP contribution in [0.5, 0.6) is 5.75 Å². The van der Waals surface area contributed by atoms with Crippen molar-refractivity contribution < 1.29 is 13.9 Å². The first-order valence-corrected chi connectivity index (χ1v) is 6.95. The van der Waals surface area contributed by atoms with Crippen LogP contribution < -0.4 is 5.56 Å². The molecule has 0 radical (unpaired) electrons. The number of benzene rings is 1. The predicted molar refractivity (Wildman–Crippen MR) is 81.3 cm³/mol. The number of aromatic nitrogens is 1. The van der Waals surface area contributed by atoms with Crippen LogP contribution in [0.1, 0.15) is 5.56 Å². The van der Waals surface area contributed by atoms with Gasteiger partial charge in [-0.25, -0.2) is 8.78 Å². The Kier molecular flexibility index (Phi) is 4.42. The van der Waals surface area contributed by atoms with E-state index in [1.165, 1.54) is 12.1 Å². The number of halogens is 3. The molecule has 0 amide bonds. The summed E-state index contributed by atoms with van der Waals surface area (Å²) in [5, 5.41) is 9.41.